The van der Waals surface area contributed by atoms with Gasteiger partial charge < -0.3 is 14.8 Å². The molecule has 0 radical (unpaired) electrons. The lowest BCUT2D eigenvalue weighted by atomic mass is 9.74. The molecule has 0 aromatic rings. The fourth-order valence-electron chi connectivity index (χ4n) is 4.28. The number of rotatable bonds is 3. The average molecular weight is 280 g/mol. The van der Waals surface area contributed by atoms with Crippen molar-refractivity contribution in [2.45, 2.75) is 62.3 Å². The highest BCUT2D eigenvalue weighted by Gasteiger charge is 2.51. The van der Waals surface area contributed by atoms with E-state index in [9.17, 15) is 4.79 Å². The van der Waals surface area contributed by atoms with Crippen molar-refractivity contribution in [3.05, 3.63) is 0 Å². The van der Waals surface area contributed by atoms with Gasteiger partial charge in [0, 0.05) is 13.1 Å². The minimum Gasteiger partial charge on any atom is -0.379 e. The molecule has 0 spiro atoms. The average Bonchev–Trinajstić information content (AvgIpc) is 3.01. The SMILES string of the molecule is O=C(NC1CC2CCC1O2)C1(N2CCOCC2)CCC1. The molecule has 20 heavy (non-hydrogen) atoms. The molecule has 3 saturated heterocycles. The number of nitrogens with zero attached hydrogens (tertiary/aromatic N) is 1. The van der Waals surface area contributed by atoms with Crippen LogP contribution in [-0.4, -0.2) is 60.9 Å². The van der Waals surface area contributed by atoms with E-state index in [1.807, 2.05) is 0 Å². The zero-order valence-electron chi connectivity index (χ0n) is 12.0. The molecule has 5 nitrogen and oxygen atoms in total. The van der Waals surface area contributed by atoms with Crippen molar-refractivity contribution in [1.82, 2.24) is 10.2 Å². The number of hydrogen-bond acceptors (Lipinski definition) is 4. The highest BCUT2D eigenvalue weighted by molar-refractivity contribution is 5.87. The smallest absolute Gasteiger partial charge is 0.240 e. The fourth-order valence-corrected chi connectivity index (χ4v) is 4.28. The number of ether oxygens (including phenoxy) is 2. The molecule has 4 rings (SSSR count). The summed E-state index contributed by atoms with van der Waals surface area (Å²) in [4.78, 5) is 15.2. The maximum atomic E-state index is 12.8. The molecule has 2 bridgehead atoms. The summed E-state index contributed by atoms with van der Waals surface area (Å²) in [5.41, 5.74) is -0.244. The maximum Gasteiger partial charge on any atom is 0.240 e. The molecule has 3 atom stereocenters. The molecular weight excluding hydrogens is 256 g/mol. The standard InChI is InChI=1S/C15H24N2O3/c18-14(16-12-10-11-2-3-13(12)20-11)15(4-1-5-15)17-6-8-19-9-7-17/h11-13H,1-10H2,(H,16,18). The van der Waals surface area contributed by atoms with Crippen LogP contribution in [0.4, 0.5) is 0 Å². The van der Waals surface area contributed by atoms with Gasteiger partial charge in [-0.2, -0.15) is 0 Å². The number of fused-ring (bicyclic) bond motifs is 2. The Labute approximate surface area is 120 Å². The van der Waals surface area contributed by atoms with Gasteiger partial charge in [0.25, 0.3) is 0 Å². The zero-order chi connectivity index (χ0) is 13.6. The largest absolute Gasteiger partial charge is 0.379 e. The first-order chi connectivity index (χ1) is 9.78. The number of nitrogens with one attached hydrogen (secondary N) is 1. The molecule has 1 N–H and O–H groups in total. The van der Waals surface area contributed by atoms with Gasteiger partial charge >= 0.3 is 0 Å². The van der Waals surface area contributed by atoms with E-state index in [4.69, 9.17) is 9.47 Å². The Hall–Kier alpha value is -0.650. The number of morpholine rings is 1. The Bertz CT molecular complexity index is 391. The fraction of sp³-hybridized carbons (Fsp3) is 0.933. The lowest BCUT2D eigenvalue weighted by Gasteiger charge is -2.50. The Kier molecular flexibility index (Phi) is 3.24. The summed E-state index contributed by atoms with van der Waals surface area (Å²) in [5, 5.41) is 3.30. The number of hydrogen-bond donors (Lipinski definition) is 1. The first-order valence-corrected chi connectivity index (χ1v) is 8.07. The Balaban J connectivity index is 1.43. The molecule has 3 heterocycles. The van der Waals surface area contributed by atoms with Gasteiger partial charge in [-0.1, -0.05) is 0 Å². The third kappa shape index (κ3) is 1.98. The van der Waals surface area contributed by atoms with Crippen LogP contribution in [0.25, 0.3) is 0 Å². The minimum absolute atomic E-state index is 0.242. The summed E-state index contributed by atoms with van der Waals surface area (Å²) in [7, 11) is 0. The van der Waals surface area contributed by atoms with E-state index in [-0.39, 0.29) is 23.6 Å². The molecule has 3 aliphatic heterocycles. The van der Waals surface area contributed by atoms with E-state index in [0.717, 1.165) is 58.4 Å². The highest BCUT2D eigenvalue weighted by Crippen LogP contribution is 2.40. The van der Waals surface area contributed by atoms with E-state index in [1.165, 1.54) is 6.42 Å². The van der Waals surface area contributed by atoms with Crippen molar-refractivity contribution in [3.63, 3.8) is 0 Å². The van der Waals surface area contributed by atoms with Crippen LogP contribution in [0.5, 0.6) is 0 Å². The van der Waals surface area contributed by atoms with Crippen molar-refractivity contribution in [2.75, 3.05) is 26.3 Å². The van der Waals surface area contributed by atoms with Gasteiger partial charge in [-0.25, -0.2) is 0 Å². The number of carbonyl (C=O) groups is 1. The molecule has 4 fully saturated rings. The van der Waals surface area contributed by atoms with Gasteiger partial charge in [0.15, 0.2) is 0 Å². The number of carbonyl (C=O) groups excluding carboxylic acids is 1. The van der Waals surface area contributed by atoms with E-state index >= 15 is 0 Å². The normalized spacial score (nSPS) is 39.5. The van der Waals surface area contributed by atoms with Gasteiger partial charge in [-0.3, -0.25) is 9.69 Å². The van der Waals surface area contributed by atoms with E-state index in [2.05, 4.69) is 10.2 Å². The van der Waals surface area contributed by atoms with Crippen molar-refractivity contribution in [1.29, 1.82) is 0 Å². The predicted molar refractivity (Wildman–Crippen MR) is 73.4 cm³/mol. The summed E-state index contributed by atoms with van der Waals surface area (Å²) in [5.74, 6) is 0.242. The van der Waals surface area contributed by atoms with Crippen LogP contribution in [0.3, 0.4) is 0 Å². The van der Waals surface area contributed by atoms with Gasteiger partial charge in [0.2, 0.25) is 5.91 Å². The van der Waals surface area contributed by atoms with Crippen LogP contribution in [-0.2, 0) is 14.3 Å². The molecule has 3 unspecified atom stereocenters. The van der Waals surface area contributed by atoms with Crippen molar-refractivity contribution >= 4 is 5.91 Å². The summed E-state index contributed by atoms with van der Waals surface area (Å²) < 4.78 is 11.3. The van der Waals surface area contributed by atoms with Crippen LogP contribution in [0.2, 0.25) is 0 Å². The van der Waals surface area contributed by atoms with E-state index in [1.54, 1.807) is 0 Å². The van der Waals surface area contributed by atoms with E-state index in [0.29, 0.717) is 6.10 Å². The minimum atomic E-state index is -0.244. The Morgan fingerprint density at radius 3 is 2.55 bits per heavy atom. The molecular formula is C15H24N2O3. The van der Waals surface area contributed by atoms with Crippen LogP contribution in [0.15, 0.2) is 0 Å². The lowest BCUT2D eigenvalue weighted by molar-refractivity contribution is -0.145. The molecule has 112 valence electrons. The topological polar surface area (TPSA) is 50.8 Å². The third-order valence-corrected chi connectivity index (χ3v) is 5.64. The van der Waals surface area contributed by atoms with Crippen LogP contribution < -0.4 is 5.32 Å². The monoisotopic (exact) mass is 280 g/mol. The van der Waals surface area contributed by atoms with Crippen molar-refractivity contribution in [2.24, 2.45) is 0 Å². The quantitative estimate of drug-likeness (QED) is 0.826. The van der Waals surface area contributed by atoms with E-state index < -0.39 is 0 Å². The second-order valence-electron chi connectivity index (χ2n) is 6.67. The Morgan fingerprint density at radius 2 is 2.00 bits per heavy atom. The molecule has 1 amide bonds. The molecule has 0 aromatic carbocycles. The molecule has 4 aliphatic rings. The Morgan fingerprint density at radius 1 is 1.20 bits per heavy atom. The first-order valence-electron chi connectivity index (χ1n) is 8.07. The molecule has 0 aromatic heterocycles. The predicted octanol–water partition coefficient (Wildman–Crippen LogP) is 0.677. The molecule has 1 aliphatic carbocycles. The van der Waals surface area contributed by atoms with Crippen LogP contribution in [0, 0.1) is 0 Å². The maximum absolute atomic E-state index is 12.8. The third-order valence-electron chi connectivity index (χ3n) is 5.64. The summed E-state index contributed by atoms with van der Waals surface area (Å²) in [6.45, 7) is 3.29. The molecule has 1 saturated carbocycles. The summed E-state index contributed by atoms with van der Waals surface area (Å²) >= 11 is 0. The summed E-state index contributed by atoms with van der Waals surface area (Å²) in [6.07, 6.45) is 7.12. The number of amides is 1. The highest BCUT2D eigenvalue weighted by atomic mass is 16.5. The second kappa shape index (κ2) is 4.97. The van der Waals surface area contributed by atoms with Crippen molar-refractivity contribution < 1.29 is 14.3 Å². The van der Waals surface area contributed by atoms with Crippen molar-refractivity contribution in [3.8, 4) is 0 Å². The second-order valence-corrected chi connectivity index (χ2v) is 6.67. The lowest BCUT2D eigenvalue weighted by Crippen LogP contribution is -2.66. The first kappa shape index (κ1) is 13.0. The van der Waals surface area contributed by atoms with Crippen LogP contribution in [0.1, 0.15) is 38.5 Å². The van der Waals surface area contributed by atoms with Gasteiger partial charge in [-0.15, -0.1) is 0 Å². The zero-order valence-corrected chi connectivity index (χ0v) is 12.0. The van der Waals surface area contributed by atoms with Gasteiger partial charge in [-0.05, 0) is 38.5 Å². The van der Waals surface area contributed by atoms with Gasteiger partial charge in [0.05, 0.1) is 31.5 Å². The molecule has 5 heteroatoms. The van der Waals surface area contributed by atoms with Crippen LogP contribution >= 0.6 is 0 Å². The summed E-state index contributed by atoms with van der Waals surface area (Å²) in [6, 6.07) is 0.250. The van der Waals surface area contributed by atoms with Gasteiger partial charge in [0.1, 0.15) is 5.54 Å².